The molecule has 0 aliphatic heterocycles. The third-order valence-electron chi connectivity index (χ3n) is 7.42. The highest BCUT2D eigenvalue weighted by Gasteiger charge is 2.11. The topological polar surface area (TPSA) is 6.48 Å². The van der Waals surface area contributed by atoms with E-state index >= 15 is 0 Å². The third kappa shape index (κ3) is 6.55. The molecule has 0 amide bonds. The Bertz CT molecular complexity index is 1210. The average molecular weight is 503 g/mol. The monoisotopic (exact) mass is 502 g/mol. The summed E-state index contributed by atoms with van der Waals surface area (Å²) in [5.74, 6) is 0. The van der Waals surface area contributed by atoms with Gasteiger partial charge in [0, 0.05) is 37.6 Å². The van der Waals surface area contributed by atoms with E-state index in [1.54, 1.807) is 0 Å². The molecule has 3 aromatic carbocycles. The second-order valence-electron chi connectivity index (χ2n) is 9.60. The van der Waals surface area contributed by atoms with Gasteiger partial charge in [-0.2, -0.15) is 0 Å². The molecule has 0 fully saturated rings. The quantitative estimate of drug-likeness (QED) is 0.241. The summed E-state index contributed by atoms with van der Waals surface area (Å²) in [6, 6.07) is 28.9. The number of hydrogen-bond donors (Lipinski definition) is 0. The number of allylic oxidation sites excluding steroid dienone is 7. The van der Waals surface area contributed by atoms with Gasteiger partial charge in [0.25, 0.3) is 0 Å². The molecule has 0 aromatic heterocycles. The van der Waals surface area contributed by atoms with Crippen LogP contribution in [-0.2, 0) is 0 Å². The minimum Gasteiger partial charge on any atom is -0.372 e. The molecule has 0 spiro atoms. The maximum Gasteiger partial charge on any atom is 0.0366 e. The Morgan fingerprint density at radius 2 is 1.05 bits per heavy atom. The van der Waals surface area contributed by atoms with Crippen molar-refractivity contribution >= 4 is 22.5 Å². The Kier molecular flexibility index (Phi) is 9.81. The highest BCUT2D eigenvalue weighted by atomic mass is 15.1. The molecular weight excluding hydrogens is 460 g/mol. The van der Waals surface area contributed by atoms with Crippen LogP contribution in [0.15, 0.2) is 115 Å². The lowest BCUT2D eigenvalue weighted by Crippen LogP contribution is -2.21. The van der Waals surface area contributed by atoms with Crippen molar-refractivity contribution in [3.05, 3.63) is 132 Å². The number of hydrogen-bond acceptors (Lipinski definition) is 2. The van der Waals surface area contributed by atoms with Crippen LogP contribution < -0.4 is 9.80 Å². The Morgan fingerprint density at radius 3 is 1.50 bits per heavy atom. The van der Waals surface area contributed by atoms with Crippen LogP contribution in [-0.4, -0.2) is 26.2 Å². The normalized spacial score (nSPS) is 13.2. The van der Waals surface area contributed by atoms with Crippen molar-refractivity contribution in [1.29, 1.82) is 0 Å². The van der Waals surface area contributed by atoms with Crippen molar-refractivity contribution in [3.8, 4) is 0 Å². The Morgan fingerprint density at radius 1 is 0.579 bits per heavy atom. The van der Waals surface area contributed by atoms with E-state index < -0.39 is 0 Å². The molecule has 2 nitrogen and oxygen atoms in total. The van der Waals surface area contributed by atoms with Gasteiger partial charge in [-0.1, -0.05) is 85.0 Å². The van der Waals surface area contributed by atoms with Crippen molar-refractivity contribution < 1.29 is 0 Å². The second-order valence-corrected chi connectivity index (χ2v) is 9.60. The first-order valence-corrected chi connectivity index (χ1v) is 14.2. The summed E-state index contributed by atoms with van der Waals surface area (Å²) in [4.78, 5) is 4.78. The Balaban J connectivity index is 1.81. The van der Waals surface area contributed by atoms with Crippen molar-refractivity contribution in [3.63, 3.8) is 0 Å². The van der Waals surface area contributed by atoms with Gasteiger partial charge in [0.1, 0.15) is 0 Å². The Hall–Kier alpha value is -3.78. The van der Waals surface area contributed by atoms with Crippen LogP contribution in [0.4, 0.5) is 11.4 Å². The summed E-state index contributed by atoms with van der Waals surface area (Å²) in [6.07, 6.45) is 13.7. The van der Waals surface area contributed by atoms with Gasteiger partial charge in [0.2, 0.25) is 0 Å². The van der Waals surface area contributed by atoms with Crippen molar-refractivity contribution in [1.82, 2.24) is 0 Å². The largest absolute Gasteiger partial charge is 0.372 e. The van der Waals surface area contributed by atoms with E-state index in [1.165, 1.54) is 44.8 Å². The summed E-state index contributed by atoms with van der Waals surface area (Å²) in [7, 11) is 0. The molecule has 38 heavy (non-hydrogen) atoms. The zero-order valence-corrected chi connectivity index (χ0v) is 23.5. The molecule has 0 N–H and O–H groups in total. The van der Waals surface area contributed by atoms with Gasteiger partial charge >= 0.3 is 0 Å². The van der Waals surface area contributed by atoms with E-state index in [-0.39, 0.29) is 0 Å². The summed E-state index contributed by atoms with van der Waals surface area (Å²) in [5, 5.41) is 0. The number of anilines is 2. The van der Waals surface area contributed by atoms with Crippen LogP contribution in [0, 0.1) is 0 Å². The van der Waals surface area contributed by atoms with Crippen LogP contribution in [0.3, 0.4) is 0 Å². The Labute approximate surface area is 230 Å². The molecule has 0 saturated heterocycles. The standard InChI is InChI=1S/C36H42N2/c1-5-37(6-2)33-23-19-31(20-24-33)36(32-21-25-34(26-22-32)38(7-3)8-4)28-27-35(29-15-11-9-12-16-29)30-17-13-10-14-18-30/h9,11-13,15-28H,5-8,10,14H2,1-4H3. The molecule has 0 radical (unpaired) electrons. The lowest BCUT2D eigenvalue weighted by atomic mass is 9.91. The summed E-state index contributed by atoms with van der Waals surface area (Å²) in [5.41, 5.74) is 10.0. The first-order valence-electron chi connectivity index (χ1n) is 14.2. The third-order valence-corrected chi connectivity index (χ3v) is 7.42. The van der Waals surface area contributed by atoms with E-state index in [9.17, 15) is 0 Å². The zero-order chi connectivity index (χ0) is 26.7. The molecular formula is C36H42N2. The summed E-state index contributed by atoms with van der Waals surface area (Å²) in [6.45, 7) is 12.9. The molecule has 0 heterocycles. The highest BCUT2D eigenvalue weighted by Crippen LogP contribution is 2.31. The second kappa shape index (κ2) is 13.7. The van der Waals surface area contributed by atoms with E-state index in [1.807, 2.05) is 0 Å². The van der Waals surface area contributed by atoms with Gasteiger partial charge in [0.15, 0.2) is 0 Å². The molecule has 4 rings (SSSR count). The van der Waals surface area contributed by atoms with Gasteiger partial charge in [-0.3, -0.25) is 0 Å². The van der Waals surface area contributed by atoms with Crippen LogP contribution >= 0.6 is 0 Å². The number of rotatable bonds is 11. The summed E-state index contributed by atoms with van der Waals surface area (Å²) >= 11 is 0. The van der Waals surface area contributed by atoms with Gasteiger partial charge in [-0.05, 0) is 98.2 Å². The van der Waals surface area contributed by atoms with Crippen LogP contribution in [0.1, 0.15) is 57.2 Å². The molecule has 0 unspecified atom stereocenters. The minimum atomic E-state index is 1.01. The molecule has 2 heteroatoms. The molecule has 3 aromatic rings. The molecule has 0 bridgehead atoms. The van der Waals surface area contributed by atoms with Gasteiger partial charge in [0.05, 0.1) is 0 Å². The van der Waals surface area contributed by atoms with E-state index in [4.69, 9.17) is 0 Å². The number of nitrogens with zero attached hydrogens (tertiary/aromatic N) is 2. The smallest absolute Gasteiger partial charge is 0.0366 e. The van der Waals surface area contributed by atoms with E-state index in [2.05, 4.69) is 147 Å². The van der Waals surface area contributed by atoms with Crippen LogP contribution in [0.25, 0.3) is 11.1 Å². The van der Waals surface area contributed by atoms with Crippen molar-refractivity contribution in [2.75, 3.05) is 36.0 Å². The predicted octanol–water partition coefficient (Wildman–Crippen LogP) is 9.17. The van der Waals surface area contributed by atoms with Crippen LogP contribution in [0.2, 0.25) is 0 Å². The fourth-order valence-electron chi connectivity index (χ4n) is 5.20. The maximum absolute atomic E-state index is 2.39. The minimum absolute atomic E-state index is 1.01. The predicted molar refractivity (Wildman–Crippen MR) is 168 cm³/mol. The fraction of sp³-hybridized carbons (Fsp3) is 0.278. The first-order chi connectivity index (χ1) is 18.7. The molecule has 1 aliphatic carbocycles. The number of benzene rings is 3. The average Bonchev–Trinajstić information content (AvgIpc) is 2.99. The van der Waals surface area contributed by atoms with E-state index in [0.29, 0.717) is 0 Å². The van der Waals surface area contributed by atoms with Crippen LogP contribution in [0.5, 0.6) is 0 Å². The van der Waals surface area contributed by atoms with Crippen molar-refractivity contribution in [2.24, 2.45) is 0 Å². The highest BCUT2D eigenvalue weighted by molar-refractivity contribution is 5.87. The summed E-state index contributed by atoms with van der Waals surface area (Å²) < 4.78 is 0. The fourth-order valence-corrected chi connectivity index (χ4v) is 5.20. The van der Waals surface area contributed by atoms with Gasteiger partial charge in [-0.25, -0.2) is 0 Å². The molecule has 196 valence electrons. The maximum atomic E-state index is 2.39. The van der Waals surface area contributed by atoms with Gasteiger partial charge in [-0.15, -0.1) is 0 Å². The zero-order valence-electron chi connectivity index (χ0n) is 23.5. The lowest BCUT2D eigenvalue weighted by Gasteiger charge is -2.22. The van der Waals surface area contributed by atoms with E-state index in [0.717, 1.165) is 39.0 Å². The SMILES string of the molecule is CCN(CC)c1ccc(C(=CC=C(C2=CCCC=C2)c2ccccc2)c2ccc(N(CC)CC)cc2)cc1. The van der Waals surface area contributed by atoms with Crippen molar-refractivity contribution in [2.45, 2.75) is 40.5 Å². The molecule has 1 aliphatic rings. The molecule has 0 atom stereocenters. The first kappa shape index (κ1) is 27.3. The lowest BCUT2D eigenvalue weighted by molar-refractivity contribution is 0.866. The molecule has 0 saturated carbocycles. The van der Waals surface area contributed by atoms with Gasteiger partial charge < -0.3 is 9.80 Å².